The van der Waals surface area contributed by atoms with Gasteiger partial charge in [-0.05, 0) is 62.5 Å². The fourth-order valence-electron chi connectivity index (χ4n) is 3.99. The van der Waals surface area contributed by atoms with Gasteiger partial charge in [0.2, 0.25) is 0 Å². The van der Waals surface area contributed by atoms with Crippen molar-refractivity contribution < 1.29 is 18.9 Å². The number of hydrogen-bond acceptors (Lipinski definition) is 6. The molecule has 1 unspecified atom stereocenters. The van der Waals surface area contributed by atoms with Gasteiger partial charge in [-0.1, -0.05) is 52.2 Å². The summed E-state index contributed by atoms with van der Waals surface area (Å²) in [5.41, 5.74) is 5.53. The van der Waals surface area contributed by atoms with E-state index in [0.717, 1.165) is 74.8 Å². The second-order valence-corrected chi connectivity index (χ2v) is 9.49. The normalized spacial score (nSPS) is 12.1. The van der Waals surface area contributed by atoms with Crippen LogP contribution in [0, 0.1) is 11.8 Å². The Morgan fingerprint density at radius 3 is 1.75 bits per heavy atom. The Labute approximate surface area is 219 Å². The summed E-state index contributed by atoms with van der Waals surface area (Å²) in [5.74, 6) is 4.50. The van der Waals surface area contributed by atoms with Crippen molar-refractivity contribution in [2.75, 3.05) is 53.1 Å². The van der Waals surface area contributed by atoms with Gasteiger partial charge < -0.3 is 29.6 Å². The molecule has 0 aliphatic rings. The van der Waals surface area contributed by atoms with Gasteiger partial charge in [-0.15, -0.1) is 0 Å². The van der Waals surface area contributed by atoms with E-state index in [2.05, 4.69) is 32.7 Å². The highest BCUT2D eigenvalue weighted by Crippen LogP contribution is 2.22. The monoisotopic (exact) mass is 500 g/mol. The molecule has 2 aromatic rings. The third kappa shape index (κ3) is 12.0. The molecular formula is C30H48N2O4. The summed E-state index contributed by atoms with van der Waals surface area (Å²) in [4.78, 5) is 2.33. The third-order valence-electron chi connectivity index (χ3n) is 6.48. The lowest BCUT2D eigenvalue weighted by Gasteiger charge is -2.22. The number of ether oxygens (including phenoxy) is 4. The molecule has 202 valence electrons. The Bertz CT molecular complexity index is 828. The zero-order chi connectivity index (χ0) is 26.0. The van der Waals surface area contributed by atoms with E-state index in [9.17, 15) is 0 Å². The highest BCUT2D eigenvalue weighted by atomic mass is 16.5. The van der Waals surface area contributed by atoms with E-state index in [-0.39, 0.29) is 0 Å². The number of rotatable bonds is 20. The highest BCUT2D eigenvalue weighted by molar-refractivity contribution is 5.33. The first-order chi connectivity index (χ1) is 17.6. The van der Waals surface area contributed by atoms with Crippen LogP contribution in [0.5, 0.6) is 23.0 Å². The lowest BCUT2D eigenvalue weighted by molar-refractivity contribution is 0.192. The van der Waals surface area contributed by atoms with Gasteiger partial charge >= 0.3 is 0 Å². The molecule has 36 heavy (non-hydrogen) atoms. The van der Waals surface area contributed by atoms with Crippen LogP contribution in [0.15, 0.2) is 48.5 Å². The summed E-state index contributed by atoms with van der Waals surface area (Å²) in [6.07, 6.45) is 5.67. The molecule has 0 fully saturated rings. The standard InChI is InChI=1S/C30H48N2O4/c1-5-10-26(24-36-30-14-8-11-27(21-30)33-19-16-31)15-17-32(4)18-20-34-28-12-9-13-29(22-28)35-23-25(6-2)7-3/h8-9,11-14,21-22,25-26H,5-7,10,15-20,23-24,31H2,1-4H3. The lowest BCUT2D eigenvalue weighted by Crippen LogP contribution is -2.28. The van der Waals surface area contributed by atoms with E-state index in [1.807, 2.05) is 48.5 Å². The first kappa shape index (κ1) is 29.8. The van der Waals surface area contributed by atoms with Crippen molar-refractivity contribution in [3.8, 4) is 23.0 Å². The molecule has 0 aliphatic carbocycles. The van der Waals surface area contributed by atoms with Gasteiger partial charge in [-0.25, -0.2) is 0 Å². The lowest BCUT2D eigenvalue weighted by atomic mass is 10.0. The van der Waals surface area contributed by atoms with E-state index < -0.39 is 0 Å². The predicted octanol–water partition coefficient (Wildman–Crippen LogP) is 6.04. The van der Waals surface area contributed by atoms with Crippen LogP contribution in [0.1, 0.15) is 52.9 Å². The molecule has 0 spiro atoms. The van der Waals surface area contributed by atoms with Gasteiger partial charge in [0, 0.05) is 25.2 Å². The van der Waals surface area contributed by atoms with Crippen LogP contribution in [-0.4, -0.2) is 58.0 Å². The van der Waals surface area contributed by atoms with Gasteiger partial charge in [-0.2, -0.15) is 0 Å². The largest absolute Gasteiger partial charge is 0.493 e. The molecule has 0 saturated heterocycles. The van der Waals surface area contributed by atoms with Crippen molar-refractivity contribution in [2.45, 2.75) is 52.9 Å². The van der Waals surface area contributed by atoms with Gasteiger partial charge in [-0.3, -0.25) is 0 Å². The number of nitrogens with two attached hydrogens (primary N) is 1. The minimum absolute atomic E-state index is 0.501. The average Bonchev–Trinajstić information content (AvgIpc) is 2.90. The Hall–Kier alpha value is -2.44. The topological polar surface area (TPSA) is 66.2 Å². The molecule has 2 rings (SSSR count). The van der Waals surface area contributed by atoms with Crippen LogP contribution >= 0.6 is 0 Å². The summed E-state index contributed by atoms with van der Waals surface area (Å²) in [7, 11) is 2.15. The van der Waals surface area contributed by atoms with Crippen LogP contribution in [0.25, 0.3) is 0 Å². The Balaban J connectivity index is 1.71. The second kappa shape index (κ2) is 17.9. The van der Waals surface area contributed by atoms with Crippen molar-refractivity contribution in [1.82, 2.24) is 4.90 Å². The van der Waals surface area contributed by atoms with Crippen LogP contribution in [0.3, 0.4) is 0 Å². The minimum Gasteiger partial charge on any atom is -0.493 e. The fourth-order valence-corrected chi connectivity index (χ4v) is 3.99. The molecule has 1 atom stereocenters. The van der Waals surface area contributed by atoms with Crippen molar-refractivity contribution in [3.05, 3.63) is 48.5 Å². The summed E-state index contributed by atoms with van der Waals surface area (Å²) >= 11 is 0. The van der Waals surface area contributed by atoms with Gasteiger partial charge in [0.05, 0.1) is 13.2 Å². The molecule has 0 radical (unpaired) electrons. The van der Waals surface area contributed by atoms with E-state index in [1.54, 1.807) is 0 Å². The van der Waals surface area contributed by atoms with E-state index >= 15 is 0 Å². The molecular weight excluding hydrogens is 452 g/mol. The van der Waals surface area contributed by atoms with Crippen molar-refractivity contribution in [1.29, 1.82) is 0 Å². The molecule has 6 heteroatoms. The third-order valence-corrected chi connectivity index (χ3v) is 6.48. The summed E-state index contributed by atoms with van der Waals surface area (Å²) in [5, 5.41) is 0. The maximum atomic E-state index is 6.11. The maximum Gasteiger partial charge on any atom is 0.123 e. The number of likely N-dealkylation sites (N-methyl/N-ethyl adjacent to an activating group) is 1. The average molecular weight is 501 g/mol. The predicted molar refractivity (Wildman–Crippen MR) is 149 cm³/mol. The van der Waals surface area contributed by atoms with Gasteiger partial charge in [0.15, 0.2) is 0 Å². The van der Waals surface area contributed by atoms with Crippen molar-refractivity contribution in [3.63, 3.8) is 0 Å². The van der Waals surface area contributed by atoms with Crippen LogP contribution in [0.4, 0.5) is 0 Å². The zero-order valence-electron chi connectivity index (χ0n) is 22.9. The van der Waals surface area contributed by atoms with Gasteiger partial charge in [0.1, 0.15) is 36.2 Å². The van der Waals surface area contributed by atoms with Crippen molar-refractivity contribution in [2.24, 2.45) is 17.6 Å². The summed E-state index contributed by atoms with van der Waals surface area (Å²) in [6, 6.07) is 15.8. The number of hydrogen-bond donors (Lipinski definition) is 1. The molecule has 6 nitrogen and oxygen atoms in total. The molecule has 2 aromatic carbocycles. The van der Waals surface area contributed by atoms with Crippen LogP contribution in [0.2, 0.25) is 0 Å². The molecule has 0 amide bonds. The first-order valence-electron chi connectivity index (χ1n) is 13.7. The zero-order valence-corrected chi connectivity index (χ0v) is 22.9. The summed E-state index contributed by atoms with van der Waals surface area (Å²) in [6.45, 7) is 11.7. The first-order valence-corrected chi connectivity index (χ1v) is 13.7. The fraction of sp³-hybridized carbons (Fsp3) is 0.600. The molecule has 0 bridgehead atoms. The molecule has 0 aromatic heterocycles. The van der Waals surface area contributed by atoms with Crippen LogP contribution in [-0.2, 0) is 0 Å². The second-order valence-electron chi connectivity index (χ2n) is 9.49. The van der Waals surface area contributed by atoms with E-state index in [0.29, 0.717) is 38.2 Å². The Morgan fingerprint density at radius 2 is 1.22 bits per heavy atom. The Kier molecular flexibility index (Phi) is 14.8. The van der Waals surface area contributed by atoms with E-state index in [4.69, 9.17) is 24.7 Å². The quantitative estimate of drug-likeness (QED) is 0.239. The smallest absolute Gasteiger partial charge is 0.123 e. The maximum absolute atomic E-state index is 6.11. The molecule has 0 heterocycles. The van der Waals surface area contributed by atoms with Gasteiger partial charge in [0.25, 0.3) is 0 Å². The molecule has 0 saturated carbocycles. The minimum atomic E-state index is 0.501. The molecule has 2 N–H and O–H groups in total. The summed E-state index contributed by atoms with van der Waals surface area (Å²) < 4.78 is 23.7. The van der Waals surface area contributed by atoms with Crippen LogP contribution < -0.4 is 24.7 Å². The van der Waals surface area contributed by atoms with E-state index in [1.165, 1.54) is 0 Å². The van der Waals surface area contributed by atoms with Crippen molar-refractivity contribution >= 4 is 0 Å². The highest BCUT2D eigenvalue weighted by Gasteiger charge is 2.12. The SMILES string of the molecule is CCCC(CCN(C)CCOc1cccc(OCC(CC)CC)c1)COc1cccc(OCCN)c1. The molecule has 0 aliphatic heterocycles. The number of benzene rings is 2. The Morgan fingerprint density at radius 1 is 0.694 bits per heavy atom. The number of nitrogens with zero attached hydrogens (tertiary/aromatic N) is 1.